The molecule has 1 saturated heterocycles. The summed E-state index contributed by atoms with van der Waals surface area (Å²) in [6.07, 6.45) is 1.29. The van der Waals surface area contributed by atoms with E-state index < -0.39 is 24.2 Å². The minimum Gasteiger partial charge on any atom is -0.386 e. The van der Waals surface area contributed by atoms with Gasteiger partial charge in [-0.15, -0.1) is 24.8 Å². The van der Waals surface area contributed by atoms with E-state index in [-0.39, 0.29) is 65.8 Å². The van der Waals surface area contributed by atoms with E-state index in [1.54, 1.807) is 12.1 Å². The molecule has 0 bridgehead atoms. The first-order valence-corrected chi connectivity index (χ1v) is 5.86. The highest BCUT2D eigenvalue weighted by Crippen LogP contribution is 2.19. The predicted octanol–water partition coefficient (Wildman–Crippen LogP) is 1.72. The summed E-state index contributed by atoms with van der Waals surface area (Å²) >= 11 is 0. The highest BCUT2D eigenvalue weighted by atomic mass is 35.5. The molecule has 0 spiro atoms. The van der Waals surface area contributed by atoms with E-state index in [0.717, 1.165) is 0 Å². The Morgan fingerprint density at radius 1 is 1.35 bits per heavy atom. The van der Waals surface area contributed by atoms with Crippen molar-refractivity contribution in [2.45, 2.75) is 32.2 Å². The van der Waals surface area contributed by atoms with Crippen molar-refractivity contribution >= 4 is 57.7 Å². The molecule has 1 amide bonds. The number of nitrogens with zero attached hydrogens (tertiary/aromatic N) is 2. The van der Waals surface area contributed by atoms with Gasteiger partial charge in [-0.05, 0) is 24.1 Å². The van der Waals surface area contributed by atoms with Gasteiger partial charge in [0.25, 0.3) is 0 Å². The Balaban J connectivity index is -0.000000361. The van der Waals surface area contributed by atoms with Crippen molar-refractivity contribution in [3.05, 3.63) is 30.1 Å². The Morgan fingerprint density at radius 2 is 1.87 bits per heavy atom. The van der Waals surface area contributed by atoms with Crippen molar-refractivity contribution in [1.82, 2.24) is 9.88 Å². The third-order valence-electron chi connectivity index (χ3n) is 3.12. The van der Waals surface area contributed by atoms with E-state index in [4.69, 9.17) is 5.73 Å². The molecule has 0 aliphatic carbocycles. The molecule has 10 heteroatoms. The van der Waals surface area contributed by atoms with Gasteiger partial charge in [-0.2, -0.15) is 27.0 Å². The van der Waals surface area contributed by atoms with Crippen molar-refractivity contribution in [2.24, 2.45) is 5.73 Å². The number of hydrogen-bond acceptors (Lipinski definition) is 4. The first-order valence-electron chi connectivity index (χ1n) is 5.86. The number of carbonyl (C=O) groups excluding carboxylic acids is 1. The van der Waals surface area contributed by atoms with Crippen molar-refractivity contribution in [2.75, 3.05) is 13.1 Å². The molecular formula is C13H26Cl2FN3O2S2. The minimum atomic E-state index is -1.10. The van der Waals surface area contributed by atoms with Gasteiger partial charge in [0.15, 0.2) is 0 Å². The quantitative estimate of drug-likeness (QED) is 0.796. The Bertz CT molecular complexity index is 435. The van der Waals surface area contributed by atoms with Crippen molar-refractivity contribution in [1.29, 1.82) is 0 Å². The number of likely N-dealkylation sites (tertiary alicyclic amines) is 1. The average Bonchev–Trinajstić information content (AvgIpc) is 2.84. The minimum absolute atomic E-state index is 0. The zero-order valence-electron chi connectivity index (χ0n) is 11.7. The molecule has 0 aromatic carbocycles. The summed E-state index contributed by atoms with van der Waals surface area (Å²) in [5.41, 5.74) is 6.26. The van der Waals surface area contributed by atoms with Crippen LogP contribution in [0.15, 0.2) is 24.5 Å². The number of aromatic nitrogens is 1. The predicted molar refractivity (Wildman–Crippen MR) is 105 cm³/mol. The molecule has 0 radical (unpaired) electrons. The number of carbonyl (C=O) groups is 1. The lowest BCUT2D eigenvalue weighted by Crippen LogP contribution is -2.46. The molecule has 5 nitrogen and oxygen atoms in total. The third-order valence-corrected chi connectivity index (χ3v) is 3.12. The second kappa shape index (κ2) is 14.1. The van der Waals surface area contributed by atoms with Gasteiger partial charge < -0.3 is 15.7 Å². The van der Waals surface area contributed by atoms with Crippen molar-refractivity contribution in [3.8, 4) is 0 Å². The number of hydrogen-bond donors (Lipinski definition) is 2. The maximum Gasteiger partial charge on any atom is 0.242 e. The standard InChI is InChI=1S/C12H16FN3O2.CH4.2ClH.2H2S/c13-9-3-6-16(7-9)12(18)10(14)11(17)8-1-4-15-5-2-8;;;;;/h1-2,4-5,9-11,17H,3,6-7,14H2;1H4;2*1H;2*1H2/t9-,10-,11+;;;;;/m0...../s1. The fourth-order valence-electron chi connectivity index (χ4n) is 2.03. The second-order valence-electron chi connectivity index (χ2n) is 4.42. The Morgan fingerprint density at radius 3 is 2.30 bits per heavy atom. The Labute approximate surface area is 162 Å². The largest absolute Gasteiger partial charge is 0.386 e. The molecule has 3 N–H and O–H groups in total. The lowest BCUT2D eigenvalue weighted by Gasteiger charge is -2.23. The number of alkyl halides is 1. The fraction of sp³-hybridized carbons (Fsp3) is 0.538. The van der Waals surface area contributed by atoms with E-state index in [0.29, 0.717) is 18.5 Å². The highest BCUT2D eigenvalue weighted by molar-refractivity contribution is 7.59. The van der Waals surface area contributed by atoms with Crippen molar-refractivity contribution < 1.29 is 14.3 Å². The average molecular weight is 410 g/mol. The van der Waals surface area contributed by atoms with Gasteiger partial charge in [0.2, 0.25) is 5.91 Å². The van der Waals surface area contributed by atoms with Crippen LogP contribution in [0, 0.1) is 0 Å². The summed E-state index contributed by atoms with van der Waals surface area (Å²) in [4.78, 5) is 17.1. The van der Waals surface area contributed by atoms with Gasteiger partial charge >= 0.3 is 0 Å². The van der Waals surface area contributed by atoms with Gasteiger partial charge in [-0.3, -0.25) is 9.78 Å². The lowest BCUT2D eigenvalue weighted by molar-refractivity contribution is -0.134. The number of nitrogens with two attached hydrogens (primary N) is 1. The fourth-order valence-corrected chi connectivity index (χ4v) is 2.03. The smallest absolute Gasteiger partial charge is 0.242 e. The molecule has 0 saturated carbocycles. The first kappa shape index (κ1) is 30.6. The Kier molecular flexibility index (Phi) is 18.8. The van der Waals surface area contributed by atoms with E-state index >= 15 is 0 Å². The van der Waals surface area contributed by atoms with Crippen molar-refractivity contribution in [3.63, 3.8) is 0 Å². The zero-order chi connectivity index (χ0) is 13.1. The van der Waals surface area contributed by atoms with Crippen LogP contribution in [-0.4, -0.2) is 46.2 Å². The maximum absolute atomic E-state index is 13.0. The molecule has 1 aliphatic heterocycles. The van der Waals surface area contributed by atoms with Crippen LogP contribution in [0.4, 0.5) is 4.39 Å². The highest BCUT2D eigenvalue weighted by Gasteiger charge is 2.32. The molecule has 2 heterocycles. The molecule has 1 aromatic heterocycles. The summed E-state index contributed by atoms with van der Waals surface area (Å²) in [5.74, 6) is -0.417. The van der Waals surface area contributed by atoms with Gasteiger partial charge in [0.1, 0.15) is 18.3 Å². The zero-order valence-corrected chi connectivity index (χ0v) is 15.3. The van der Waals surface area contributed by atoms with E-state index in [9.17, 15) is 14.3 Å². The molecule has 1 aliphatic rings. The molecule has 1 aromatic rings. The summed E-state index contributed by atoms with van der Waals surface area (Å²) in [6, 6.07) is 2.12. The topological polar surface area (TPSA) is 79.5 Å². The normalized spacial score (nSPS) is 17.9. The van der Waals surface area contributed by atoms with Gasteiger partial charge in [-0.1, -0.05) is 7.43 Å². The molecule has 3 atom stereocenters. The molecule has 23 heavy (non-hydrogen) atoms. The Hall–Kier alpha value is -0.250. The second-order valence-corrected chi connectivity index (χ2v) is 4.42. The van der Waals surface area contributed by atoms with Crippen LogP contribution in [-0.2, 0) is 4.79 Å². The lowest BCUT2D eigenvalue weighted by atomic mass is 10.0. The van der Waals surface area contributed by atoms with Crippen LogP contribution >= 0.6 is 51.8 Å². The number of aliphatic hydroxyl groups excluding tert-OH is 1. The first-order chi connectivity index (χ1) is 8.59. The number of rotatable bonds is 3. The van der Waals surface area contributed by atoms with Gasteiger partial charge in [0, 0.05) is 18.9 Å². The summed E-state index contributed by atoms with van der Waals surface area (Å²) in [7, 11) is 0. The van der Waals surface area contributed by atoms with Crippen LogP contribution in [0.2, 0.25) is 0 Å². The van der Waals surface area contributed by atoms with Crippen LogP contribution in [0.5, 0.6) is 0 Å². The molecule has 138 valence electrons. The molecule has 0 unspecified atom stereocenters. The van der Waals surface area contributed by atoms with Gasteiger partial charge in [0.05, 0.1) is 6.54 Å². The van der Waals surface area contributed by atoms with Gasteiger partial charge in [-0.25, -0.2) is 4.39 Å². The number of halogens is 3. The number of pyridine rings is 1. The van der Waals surface area contributed by atoms with E-state index in [1.165, 1.54) is 17.3 Å². The van der Waals surface area contributed by atoms with Crippen LogP contribution < -0.4 is 5.73 Å². The summed E-state index contributed by atoms with van der Waals surface area (Å²) in [5, 5.41) is 9.99. The van der Waals surface area contributed by atoms with Crippen LogP contribution in [0.25, 0.3) is 0 Å². The van der Waals surface area contributed by atoms with Crippen LogP contribution in [0.3, 0.4) is 0 Å². The third kappa shape index (κ3) is 7.91. The number of aliphatic hydroxyl groups is 1. The van der Waals surface area contributed by atoms with Crippen LogP contribution in [0.1, 0.15) is 25.5 Å². The number of amides is 1. The molecule has 1 fully saturated rings. The molecule has 2 rings (SSSR count). The molecular weight excluding hydrogens is 384 g/mol. The summed E-state index contributed by atoms with van der Waals surface area (Å²) in [6.45, 7) is 0.423. The monoisotopic (exact) mass is 409 g/mol. The SMILES string of the molecule is C.Cl.Cl.N[C@H](C(=O)N1CC[C@H](F)C1)[C@H](O)c1ccncc1.S.S. The maximum atomic E-state index is 13.0. The van der Waals surface area contributed by atoms with E-state index in [1.807, 2.05) is 0 Å². The summed E-state index contributed by atoms with van der Waals surface area (Å²) < 4.78 is 13.0. The van der Waals surface area contributed by atoms with E-state index in [2.05, 4.69) is 4.98 Å².